The zero-order valence-electron chi connectivity index (χ0n) is 18.4. The van der Waals surface area contributed by atoms with Crippen molar-refractivity contribution in [3.8, 4) is 11.8 Å². The second kappa shape index (κ2) is 11.1. The molecule has 0 amide bonds. The maximum atomic E-state index is 14.7. The summed E-state index contributed by atoms with van der Waals surface area (Å²) < 4.78 is 29.4. The van der Waals surface area contributed by atoms with Gasteiger partial charge in [-0.25, -0.2) is 8.78 Å². The van der Waals surface area contributed by atoms with Gasteiger partial charge in [0, 0.05) is 5.92 Å². The van der Waals surface area contributed by atoms with E-state index < -0.39 is 11.6 Å². The largest absolute Gasteiger partial charge is 0.206 e. The van der Waals surface area contributed by atoms with E-state index in [0.717, 1.165) is 43.1 Å². The van der Waals surface area contributed by atoms with Crippen molar-refractivity contribution in [2.45, 2.75) is 103 Å². The van der Waals surface area contributed by atoms with Crippen LogP contribution in [0.2, 0.25) is 0 Å². The molecular formula is C27H38F2. The van der Waals surface area contributed by atoms with Gasteiger partial charge in [0.1, 0.15) is 11.6 Å². The van der Waals surface area contributed by atoms with Gasteiger partial charge in [-0.15, -0.1) is 0 Å². The van der Waals surface area contributed by atoms with Gasteiger partial charge < -0.3 is 0 Å². The van der Waals surface area contributed by atoms with Crippen molar-refractivity contribution in [3.63, 3.8) is 0 Å². The number of halogens is 2. The van der Waals surface area contributed by atoms with Crippen LogP contribution in [0.25, 0.3) is 0 Å². The van der Waals surface area contributed by atoms with Crippen molar-refractivity contribution in [1.29, 1.82) is 0 Å². The van der Waals surface area contributed by atoms with Gasteiger partial charge in [-0.2, -0.15) is 0 Å². The van der Waals surface area contributed by atoms with E-state index in [0.29, 0.717) is 11.8 Å². The molecule has 2 aliphatic rings. The van der Waals surface area contributed by atoms with E-state index in [1.54, 1.807) is 12.1 Å². The van der Waals surface area contributed by atoms with Crippen LogP contribution >= 0.6 is 0 Å². The summed E-state index contributed by atoms with van der Waals surface area (Å²) in [5.41, 5.74) is 0.806. The van der Waals surface area contributed by atoms with Crippen LogP contribution in [0.5, 0.6) is 0 Å². The highest BCUT2D eigenvalue weighted by atomic mass is 19.1. The molecule has 0 aromatic heterocycles. The second-order valence-electron chi connectivity index (χ2n) is 9.50. The SMILES string of the molecule is CCCC[C@H]1CC[C@H](c2cc(F)c(C#C[C@H]3CC[C@H](CCC)CC3)c(F)c2)CC1. The molecule has 1 aromatic rings. The minimum atomic E-state index is -0.472. The van der Waals surface area contributed by atoms with Crippen LogP contribution in [-0.2, 0) is 0 Å². The lowest BCUT2D eigenvalue weighted by molar-refractivity contribution is 0.300. The molecule has 0 aliphatic heterocycles. The van der Waals surface area contributed by atoms with Gasteiger partial charge >= 0.3 is 0 Å². The first-order valence-corrected chi connectivity index (χ1v) is 12.1. The molecule has 0 spiro atoms. The third-order valence-corrected chi connectivity index (χ3v) is 7.29. The molecule has 0 heterocycles. The maximum absolute atomic E-state index is 14.7. The summed E-state index contributed by atoms with van der Waals surface area (Å²) in [6.07, 6.45) is 15.4. The molecule has 1 aromatic carbocycles. The number of hydrogen-bond acceptors (Lipinski definition) is 0. The molecule has 0 N–H and O–H groups in total. The smallest absolute Gasteiger partial charge is 0.142 e. The Labute approximate surface area is 176 Å². The Morgan fingerprint density at radius 2 is 1.38 bits per heavy atom. The van der Waals surface area contributed by atoms with Gasteiger partial charge in [-0.05, 0) is 86.8 Å². The summed E-state index contributed by atoms with van der Waals surface area (Å²) in [6.45, 7) is 4.47. The third-order valence-electron chi connectivity index (χ3n) is 7.29. The quantitative estimate of drug-likeness (QED) is 0.421. The summed E-state index contributed by atoms with van der Waals surface area (Å²) in [5.74, 6) is 7.31. The number of benzene rings is 1. The van der Waals surface area contributed by atoms with Crippen molar-refractivity contribution in [3.05, 3.63) is 34.9 Å². The standard InChI is InChI=1S/C27H38F2/c1-3-5-7-21-12-15-23(16-13-21)24-18-26(28)25(27(29)19-24)17-14-22-10-8-20(6-4-2)9-11-22/h18-23H,3-13,15-16H2,1-2H3/t20-,21-,22-,23-. The second-order valence-corrected chi connectivity index (χ2v) is 9.50. The highest BCUT2D eigenvalue weighted by Crippen LogP contribution is 2.38. The molecule has 2 aliphatic carbocycles. The summed E-state index contributed by atoms with van der Waals surface area (Å²) >= 11 is 0. The fourth-order valence-electron chi connectivity index (χ4n) is 5.40. The summed E-state index contributed by atoms with van der Waals surface area (Å²) in [7, 11) is 0. The normalized spacial score (nSPS) is 27.3. The molecule has 0 nitrogen and oxygen atoms in total. The molecule has 3 rings (SSSR count). The molecule has 0 atom stereocenters. The fraction of sp³-hybridized carbons (Fsp3) is 0.704. The van der Waals surface area contributed by atoms with Gasteiger partial charge in [0.25, 0.3) is 0 Å². The van der Waals surface area contributed by atoms with E-state index in [2.05, 4.69) is 25.7 Å². The maximum Gasteiger partial charge on any atom is 0.142 e. The lowest BCUT2D eigenvalue weighted by Crippen LogP contribution is -2.14. The number of unbranched alkanes of at least 4 members (excludes halogenated alkanes) is 1. The molecule has 29 heavy (non-hydrogen) atoms. The van der Waals surface area contributed by atoms with Crippen molar-refractivity contribution in [2.24, 2.45) is 17.8 Å². The molecule has 0 saturated heterocycles. The molecule has 2 heteroatoms. The molecule has 0 radical (unpaired) electrons. The molecule has 0 bridgehead atoms. The molecule has 2 saturated carbocycles. The fourth-order valence-corrected chi connectivity index (χ4v) is 5.40. The first-order chi connectivity index (χ1) is 14.1. The molecule has 160 valence electrons. The van der Waals surface area contributed by atoms with E-state index in [1.165, 1.54) is 57.8 Å². The average molecular weight is 401 g/mol. The topological polar surface area (TPSA) is 0 Å². The van der Waals surface area contributed by atoms with Crippen LogP contribution in [0.1, 0.15) is 114 Å². The average Bonchev–Trinajstić information content (AvgIpc) is 2.73. The zero-order chi connectivity index (χ0) is 20.6. The Balaban J connectivity index is 1.59. The predicted octanol–water partition coefficient (Wildman–Crippen LogP) is 8.39. The number of hydrogen-bond donors (Lipinski definition) is 0. The van der Waals surface area contributed by atoms with Crippen molar-refractivity contribution in [1.82, 2.24) is 0 Å². The minimum absolute atomic E-state index is 0.0268. The van der Waals surface area contributed by atoms with Gasteiger partial charge in [-0.1, -0.05) is 57.8 Å². The minimum Gasteiger partial charge on any atom is -0.206 e. The van der Waals surface area contributed by atoms with Crippen LogP contribution in [0.15, 0.2) is 12.1 Å². The van der Waals surface area contributed by atoms with Crippen LogP contribution in [0, 0.1) is 41.2 Å². The molecule has 2 fully saturated rings. The van der Waals surface area contributed by atoms with E-state index in [9.17, 15) is 8.78 Å². The first kappa shape index (κ1) is 22.3. The van der Waals surface area contributed by atoms with Crippen LogP contribution in [-0.4, -0.2) is 0 Å². The van der Waals surface area contributed by atoms with Crippen molar-refractivity contribution < 1.29 is 8.78 Å². The lowest BCUT2D eigenvalue weighted by atomic mass is 9.77. The Morgan fingerprint density at radius 1 is 0.793 bits per heavy atom. The Hall–Kier alpha value is -1.36. The van der Waals surface area contributed by atoms with Gasteiger partial charge in [0.05, 0.1) is 5.56 Å². The summed E-state index contributed by atoms with van der Waals surface area (Å²) in [5, 5.41) is 0. The molecular weight excluding hydrogens is 362 g/mol. The van der Waals surface area contributed by atoms with Crippen LogP contribution in [0.3, 0.4) is 0 Å². The van der Waals surface area contributed by atoms with E-state index >= 15 is 0 Å². The Morgan fingerprint density at radius 3 is 1.97 bits per heavy atom. The predicted molar refractivity (Wildman–Crippen MR) is 118 cm³/mol. The van der Waals surface area contributed by atoms with Crippen LogP contribution < -0.4 is 0 Å². The zero-order valence-corrected chi connectivity index (χ0v) is 18.4. The lowest BCUT2D eigenvalue weighted by Gasteiger charge is -2.29. The van der Waals surface area contributed by atoms with E-state index in [4.69, 9.17) is 0 Å². The van der Waals surface area contributed by atoms with Gasteiger partial charge in [0.15, 0.2) is 0 Å². The van der Waals surface area contributed by atoms with Crippen LogP contribution in [0.4, 0.5) is 8.78 Å². The number of rotatable bonds is 6. The highest BCUT2D eigenvalue weighted by Gasteiger charge is 2.24. The monoisotopic (exact) mass is 400 g/mol. The first-order valence-electron chi connectivity index (χ1n) is 12.1. The Kier molecular flexibility index (Phi) is 8.58. The molecule has 0 unspecified atom stereocenters. The van der Waals surface area contributed by atoms with Crippen molar-refractivity contribution >= 4 is 0 Å². The van der Waals surface area contributed by atoms with E-state index in [1.807, 2.05) is 0 Å². The van der Waals surface area contributed by atoms with Crippen molar-refractivity contribution in [2.75, 3.05) is 0 Å². The third kappa shape index (κ3) is 6.31. The van der Waals surface area contributed by atoms with Gasteiger partial charge in [0.2, 0.25) is 0 Å². The van der Waals surface area contributed by atoms with Gasteiger partial charge in [-0.3, -0.25) is 0 Å². The summed E-state index contributed by atoms with van der Waals surface area (Å²) in [4.78, 5) is 0. The highest BCUT2D eigenvalue weighted by molar-refractivity contribution is 5.40. The van der Waals surface area contributed by atoms with E-state index in [-0.39, 0.29) is 5.56 Å². The Bertz CT molecular complexity index is 672. The summed E-state index contributed by atoms with van der Waals surface area (Å²) in [6, 6.07) is 3.12.